The smallest absolute Gasteiger partial charge is 0.00194 e. The number of unbranched alkanes of at least 4 members (excludes halogenated alkanes) is 3. The Balaban J connectivity index is 3.18. The zero-order chi connectivity index (χ0) is 12.4. The maximum atomic E-state index is 2.49. The van der Waals surface area contributed by atoms with Gasteiger partial charge in [-0.05, 0) is 44.8 Å². The van der Waals surface area contributed by atoms with Crippen LogP contribution in [0.2, 0.25) is 0 Å². The zero-order valence-corrected chi connectivity index (χ0v) is 12.3. The lowest BCUT2D eigenvalue weighted by Crippen LogP contribution is -2.22. The van der Waals surface area contributed by atoms with Crippen LogP contribution in [0.5, 0.6) is 0 Å². The van der Waals surface area contributed by atoms with E-state index in [-0.39, 0.29) is 0 Å². The molecule has 0 rings (SSSR count). The molecule has 0 bridgehead atoms. The molecule has 0 atom stereocenters. The van der Waals surface area contributed by atoms with E-state index in [4.69, 9.17) is 0 Å². The SMILES string of the molecule is CC(C)CCCCCCN(C)CCC(C)C. The quantitative estimate of drug-likeness (QED) is 0.494. The normalized spacial score (nSPS) is 12.0. The fraction of sp³-hybridized carbons (Fsp3) is 1.00. The van der Waals surface area contributed by atoms with Gasteiger partial charge in [-0.1, -0.05) is 53.4 Å². The van der Waals surface area contributed by atoms with Crippen LogP contribution >= 0.6 is 0 Å². The van der Waals surface area contributed by atoms with Crippen molar-refractivity contribution in [3.63, 3.8) is 0 Å². The van der Waals surface area contributed by atoms with Gasteiger partial charge in [-0.25, -0.2) is 0 Å². The number of hydrogen-bond acceptors (Lipinski definition) is 1. The maximum absolute atomic E-state index is 2.49. The lowest BCUT2D eigenvalue weighted by atomic mass is 10.0. The molecule has 0 N–H and O–H groups in total. The average molecular weight is 227 g/mol. The van der Waals surface area contributed by atoms with E-state index in [1.807, 2.05) is 0 Å². The van der Waals surface area contributed by atoms with Gasteiger partial charge in [-0.15, -0.1) is 0 Å². The van der Waals surface area contributed by atoms with Crippen LogP contribution in [0.1, 0.15) is 66.2 Å². The molecule has 0 saturated carbocycles. The van der Waals surface area contributed by atoms with Crippen LogP contribution in [-0.4, -0.2) is 25.0 Å². The van der Waals surface area contributed by atoms with Gasteiger partial charge < -0.3 is 4.90 Å². The van der Waals surface area contributed by atoms with Gasteiger partial charge in [0.2, 0.25) is 0 Å². The molecule has 0 saturated heterocycles. The van der Waals surface area contributed by atoms with Gasteiger partial charge in [0.05, 0.1) is 0 Å². The highest BCUT2D eigenvalue weighted by molar-refractivity contribution is 4.55. The van der Waals surface area contributed by atoms with E-state index in [9.17, 15) is 0 Å². The molecule has 0 unspecified atom stereocenters. The summed E-state index contributed by atoms with van der Waals surface area (Å²) >= 11 is 0. The third kappa shape index (κ3) is 12.0. The van der Waals surface area contributed by atoms with Crippen molar-refractivity contribution in [1.82, 2.24) is 4.90 Å². The van der Waals surface area contributed by atoms with Gasteiger partial charge in [0.15, 0.2) is 0 Å². The Morgan fingerprint density at radius 1 is 0.688 bits per heavy atom. The Morgan fingerprint density at radius 2 is 1.25 bits per heavy atom. The molecule has 0 aliphatic rings. The lowest BCUT2D eigenvalue weighted by molar-refractivity contribution is 0.302. The lowest BCUT2D eigenvalue weighted by Gasteiger charge is -2.17. The molecule has 0 heterocycles. The monoisotopic (exact) mass is 227 g/mol. The van der Waals surface area contributed by atoms with Crippen LogP contribution in [0, 0.1) is 11.8 Å². The standard InChI is InChI=1S/C15H33N/c1-14(2)10-8-6-7-9-12-16(5)13-11-15(3)4/h14-15H,6-13H2,1-5H3. The molecular formula is C15H33N. The molecule has 0 amide bonds. The molecule has 1 nitrogen and oxygen atoms in total. The summed E-state index contributed by atoms with van der Waals surface area (Å²) in [6, 6.07) is 0. The molecule has 0 aromatic rings. The molecule has 98 valence electrons. The Morgan fingerprint density at radius 3 is 1.81 bits per heavy atom. The van der Waals surface area contributed by atoms with Crippen LogP contribution in [0.4, 0.5) is 0 Å². The Hall–Kier alpha value is -0.0400. The number of rotatable bonds is 10. The van der Waals surface area contributed by atoms with E-state index in [0.717, 1.165) is 11.8 Å². The van der Waals surface area contributed by atoms with E-state index in [1.54, 1.807) is 0 Å². The molecule has 1 heteroatoms. The molecule has 0 aliphatic carbocycles. The second-order valence-corrected chi connectivity index (χ2v) is 6.08. The predicted molar refractivity (Wildman–Crippen MR) is 74.9 cm³/mol. The van der Waals surface area contributed by atoms with Crippen molar-refractivity contribution < 1.29 is 0 Å². The molecule has 16 heavy (non-hydrogen) atoms. The summed E-state index contributed by atoms with van der Waals surface area (Å²) < 4.78 is 0. The summed E-state index contributed by atoms with van der Waals surface area (Å²) in [5, 5.41) is 0. The first-order valence-corrected chi connectivity index (χ1v) is 7.21. The first kappa shape index (κ1) is 16.0. The van der Waals surface area contributed by atoms with Crippen LogP contribution in [0.15, 0.2) is 0 Å². The minimum atomic E-state index is 0.841. The highest BCUT2D eigenvalue weighted by Gasteiger charge is 2.00. The van der Waals surface area contributed by atoms with Gasteiger partial charge in [-0.3, -0.25) is 0 Å². The van der Waals surface area contributed by atoms with Gasteiger partial charge in [0.1, 0.15) is 0 Å². The molecular weight excluding hydrogens is 194 g/mol. The first-order valence-electron chi connectivity index (χ1n) is 7.21. The van der Waals surface area contributed by atoms with E-state index in [2.05, 4.69) is 39.6 Å². The summed E-state index contributed by atoms with van der Waals surface area (Å²) in [5.41, 5.74) is 0. The summed E-state index contributed by atoms with van der Waals surface area (Å²) in [7, 11) is 2.26. The minimum absolute atomic E-state index is 0.841. The third-order valence-corrected chi connectivity index (χ3v) is 3.16. The van der Waals surface area contributed by atoms with Crippen molar-refractivity contribution in [2.45, 2.75) is 66.2 Å². The fourth-order valence-electron chi connectivity index (χ4n) is 1.88. The van der Waals surface area contributed by atoms with Gasteiger partial charge in [0.25, 0.3) is 0 Å². The van der Waals surface area contributed by atoms with Crippen molar-refractivity contribution in [3.05, 3.63) is 0 Å². The summed E-state index contributed by atoms with van der Waals surface area (Å²) in [6.45, 7) is 11.8. The zero-order valence-electron chi connectivity index (χ0n) is 12.3. The van der Waals surface area contributed by atoms with Gasteiger partial charge in [0, 0.05) is 0 Å². The van der Waals surface area contributed by atoms with Crippen molar-refractivity contribution in [3.8, 4) is 0 Å². The van der Waals surface area contributed by atoms with Crippen molar-refractivity contribution >= 4 is 0 Å². The van der Waals surface area contributed by atoms with Crippen molar-refractivity contribution in [1.29, 1.82) is 0 Å². The fourth-order valence-corrected chi connectivity index (χ4v) is 1.88. The second-order valence-electron chi connectivity index (χ2n) is 6.08. The first-order chi connectivity index (χ1) is 7.52. The topological polar surface area (TPSA) is 3.24 Å². The average Bonchev–Trinajstić information content (AvgIpc) is 2.19. The maximum Gasteiger partial charge on any atom is -0.00194 e. The summed E-state index contributed by atoms with van der Waals surface area (Å²) in [6.07, 6.45) is 8.39. The van der Waals surface area contributed by atoms with E-state index in [1.165, 1.54) is 51.6 Å². The van der Waals surface area contributed by atoms with E-state index < -0.39 is 0 Å². The van der Waals surface area contributed by atoms with Crippen LogP contribution in [0.3, 0.4) is 0 Å². The minimum Gasteiger partial charge on any atom is -0.306 e. The summed E-state index contributed by atoms with van der Waals surface area (Å²) in [5.74, 6) is 1.72. The molecule has 0 aliphatic heterocycles. The molecule has 0 spiro atoms. The Kier molecular flexibility index (Phi) is 10.1. The van der Waals surface area contributed by atoms with E-state index >= 15 is 0 Å². The molecule has 0 aromatic heterocycles. The summed E-state index contributed by atoms with van der Waals surface area (Å²) in [4.78, 5) is 2.49. The number of nitrogens with zero attached hydrogens (tertiary/aromatic N) is 1. The van der Waals surface area contributed by atoms with E-state index in [0.29, 0.717) is 0 Å². The van der Waals surface area contributed by atoms with Crippen molar-refractivity contribution in [2.75, 3.05) is 20.1 Å². The van der Waals surface area contributed by atoms with Crippen LogP contribution < -0.4 is 0 Å². The third-order valence-electron chi connectivity index (χ3n) is 3.16. The Labute approximate surface area is 104 Å². The van der Waals surface area contributed by atoms with Gasteiger partial charge >= 0.3 is 0 Å². The highest BCUT2D eigenvalue weighted by Crippen LogP contribution is 2.10. The Bertz CT molecular complexity index is 140. The predicted octanol–water partition coefficient (Wildman–Crippen LogP) is 4.57. The molecule has 0 radical (unpaired) electrons. The van der Waals surface area contributed by atoms with Gasteiger partial charge in [-0.2, -0.15) is 0 Å². The largest absolute Gasteiger partial charge is 0.306 e. The highest BCUT2D eigenvalue weighted by atomic mass is 15.1. The second kappa shape index (κ2) is 10.1. The van der Waals surface area contributed by atoms with Crippen LogP contribution in [-0.2, 0) is 0 Å². The molecule has 0 fully saturated rings. The van der Waals surface area contributed by atoms with Crippen LogP contribution in [0.25, 0.3) is 0 Å². The number of hydrogen-bond donors (Lipinski definition) is 0. The molecule has 0 aromatic carbocycles. The van der Waals surface area contributed by atoms with Crippen molar-refractivity contribution in [2.24, 2.45) is 11.8 Å².